The molecule has 1 atom stereocenters. The number of halogens is 1. The normalized spacial score (nSPS) is 22.0. The quantitative estimate of drug-likeness (QED) is 0.210. The summed E-state index contributed by atoms with van der Waals surface area (Å²) in [6.07, 6.45) is 1.77. The van der Waals surface area contributed by atoms with E-state index in [1.165, 1.54) is 4.90 Å². The summed E-state index contributed by atoms with van der Waals surface area (Å²) in [7, 11) is 0. The van der Waals surface area contributed by atoms with E-state index >= 15 is 0 Å². The summed E-state index contributed by atoms with van der Waals surface area (Å²) >= 11 is 6.22. The van der Waals surface area contributed by atoms with Crippen LogP contribution in [0.3, 0.4) is 0 Å². The molecule has 1 saturated heterocycles. The molecule has 4 amide bonds. The molecule has 0 spiro atoms. The third-order valence-electron chi connectivity index (χ3n) is 10.1. The number of imide groups is 1. The van der Waals surface area contributed by atoms with Crippen molar-refractivity contribution in [3.63, 3.8) is 0 Å². The molecule has 1 unspecified atom stereocenters. The van der Waals surface area contributed by atoms with Gasteiger partial charge in [-0.1, -0.05) is 57.5 Å². The summed E-state index contributed by atoms with van der Waals surface area (Å²) in [5.74, 6) is 0.0554. The molecule has 1 aliphatic carbocycles. The Morgan fingerprint density at radius 1 is 1.06 bits per heavy atom. The van der Waals surface area contributed by atoms with Crippen LogP contribution in [0.4, 0.5) is 0 Å². The highest BCUT2D eigenvalue weighted by Gasteiger charge is 2.64. The molecule has 10 nitrogen and oxygen atoms in total. The lowest BCUT2D eigenvalue weighted by Gasteiger charge is -2.63. The van der Waals surface area contributed by atoms with E-state index in [0.29, 0.717) is 46.2 Å². The van der Waals surface area contributed by atoms with E-state index < -0.39 is 11.9 Å². The second-order valence-corrected chi connectivity index (χ2v) is 14.5. The molecule has 2 heterocycles. The van der Waals surface area contributed by atoms with Crippen LogP contribution in [0.5, 0.6) is 11.5 Å². The Hall–Kier alpha value is -4.88. The molecule has 254 valence electrons. The van der Waals surface area contributed by atoms with E-state index in [9.17, 15) is 19.2 Å². The Morgan fingerprint density at radius 2 is 1.80 bits per heavy atom. The molecule has 0 radical (unpaired) electrons. The van der Waals surface area contributed by atoms with Crippen LogP contribution in [-0.4, -0.2) is 53.3 Å². The molecule has 49 heavy (non-hydrogen) atoms. The predicted octanol–water partition coefficient (Wildman–Crippen LogP) is 5.60. The zero-order valence-corrected chi connectivity index (χ0v) is 28.7. The van der Waals surface area contributed by atoms with Gasteiger partial charge in [-0.25, -0.2) is 0 Å². The first kappa shape index (κ1) is 34.0. The van der Waals surface area contributed by atoms with Crippen molar-refractivity contribution in [2.75, 3.05) is 6.61 Å². The van der Waals surface area contributed by atoms with Gasteiger partial charge in [0.25, 0.3) is 11.8 Å². The second-order valence-electron chi connectivity index (χ2n) is 14.1. The highest BCUT2D eigenvalue weighted by atomic mass is 35.5. The number of rotatable bonds is 10. The Kier molecular flexibility index (Phi) is 9.16. The lowest BCUT2D eigenvalue weighted by molar-refractivity contribution is -0.164. The Morgan fingerprint density at radius 3 is 2.47 bits per heavy atom. The van der Waals surface area contributed by atoms with Crippen molar-refractivity contribution >= 4 is 35.2 Å². The number of ether oxygens (including phenoxy) is 2. The van der Waals surface area contributed by atoms with Crippen molar-refractivity contribution in [3.05, 3.63) is 93.5 Å². The molecule has 11 heteroatoms. The largest absolute Gasteiger partial charge is 0.493 e. The topological polar surface area (TPSA) is 138 Å². The molecular weight excluding hydrogens is 644 g/mol. The first-order valence-corrected chi connectivity index (χ1v) is 16.8. The maximum Gasteiger partial charge on any atom is 0.255 e. The van der Waals surface area contributed by atoms with E-state index in [4.69, 9.17) is 26.3 Å². The monoisotopic (exact) mass is 682 g/mol. The number of amides is 4. The summed E-state index contributed by atoms with van der Waals surface area (Å²) < 4.78 is 12.4. The summed E-state index contributed by atoms with van der Waals surface area (Å²) in [5, 5.41) is 15.1. The van der Waals surface area contributed by atoms with Gasteiger partial charge in [-0.3, -0.25) is 24.5 Å². The van der Waals surface area contributed by atoms with Gasteiger partial charge in [0.2, 0.25) is 11.8 Å². The minimum absolute atomic E-state index is 0.144. The van der Waals surface area contributed by atoms with Gasteiger partial charge in [0.1, 0.15) is 29.7 Å². The van der Waals surface area contributed by atoms with Crippen LogP contribution in [0, 0.1) is 22.2 Å². The van der Waals surface area contributed by atoms with Gasteiger partial charge in [0.05, 0.1) is 23.7 Å². The zero-order chi connectivity index (χ0) is 35.1. The summed E-state index contributed by atoms with van der Waals surface area (Å²) in [6, 6.07) is 19.2. The number of hydrogen-bond acceptors (Lipinski definition) is 7. The average Bonchev–Trinajstić information content (AvgIpc) is 3.40. The van der Waals surface area contributed by atoms with Crippen molar-refractivity contribution in [3.8, 4) is 17.6 Å². The minimum Gasteiger partial charge on any atom is -0.493 e. The van der Waals surface area contributed by atoms with E-state index in [-0.39, 0.29) is 53.7 Å². The van der Waals surface area contributed by atoms with Crippen molar-refractivity contribution in [2.45, 2.75) is 78.1 Å². The van der Waals surface area contributed by atoms with E-state index in [1.54, 1.807) is 30.3 Å². The summed E-state index contributed by atoms with van der Waals surface area (Å²) in [6.45, 7) is 8.96. The first-order chi connectivity index (χ1) is 23.3. The van der Waals surface area contributed by atoms with Crippen LogP contribution >= 0.6 is 11.6 Å². The lowest BCUT2D eigenvalue weighted by Crippen LogP contribution is -2.74. The Bertz CT molecular complexity index is 1850. The number of piperidine rings is 1. The SMILES string of the molecule is CC1(C)C(NC(=O)c2ccc(CCCOc3cccc4c3CN(C3CCC(=O)NC3=O)C4=O)cc2)C(C)(C)C1Oc1ccc(C#N)c(Cl)c1. The van der Waals surface area contributed by atoms with Gasteiger partial charge in [0, 0.05) is 46.0 Å². The molecule has 6 rings (SSSR count). The van der Waals surface area contributed by atoms with Crippen LogP contribution in [0.1, 0.15) is 84.4 Å². The number of nitrogens with one attached hydrogen (secondary N) is 2. The molecule has 0 aromatic heterocycles. The summed E-state index contributed by atoms with van der Waals surface area (Å²) in [5.41, 5.74) is 2.56. The van der Waals surface area contributed by atoms with E-state index in [2.05, 4.69) is 44.4 Å². The Labute approximate surface area is 290 Å². The number of aryl methyl sites for hydroxylation is 1. The molecule has 2 fully saturated rings. The fraction of sp³-hybridized carbons (Fsp3) is 0.395. The van der Waals surface area contributed by atoms with Gasteiger partial charge < -0.3 is 19.7 Å². The maximum absolute atomic E-state index is 13.3. The lowest BCUT2D eigenvalue weighted by atomic mass is 9.49. The number of fused-ring (bicyclic) bond motifs is 1. The van der Waals surface area contributed by atoms with Crippen molar-refractivity contribution in [1.29, 1.82) is 5.26 Å². The number of benzene rings is 3. The van der Waals surface area contributed by atoms with E-state index in [0.717, 1.165) is 24.0 Å². The Balaban J connectivity index is 0.999. The highest BCUT2D eigenvalue weighted by molar-refractivity contribution is 6.31. The smallest absolute Gasteiger partial charge is 0.255 e. The standard InChI is InChI=1S/C38H39ClN4O6/c1-37(2)35(38(3,4)36(37)49-25-15-14-24(20-40)28(39)19-25)42-32(45)23-12-10-22(11-13-23)7-6-18-48-30-9-5-8-26-27(30)21-43(34(26)47)29-16-17-31(44)41-33(29)46/h5,8-15,19,29,35-36H,6-7,16-18,21H2,1-4H3,(H,42,45)(H,41,44,46). The van der Waals surface area contributed by atoms with Gasteiger partial charge in [-0.05, 0) is 61.2 Å². The molecule has 3 aromatic rings. The molecule has 3 aliphatic rings. The first-order valence-electron chi connectivity index (χ1n) is 16.5. The fourth-order valence-electron chi connectivity index (χ4n) is 7.78. The number of nitrogens with zero attached hydrogens (tertiary/aromatic N) is 2. The maximum atomic E-state index is 13.3. The zero-order valence-electron chi connectivity index (χ0n) is 28.0. The molecule has 3 aromatic carbocycles. The van der Waals surface area contributed by atoms with Crippen LogP contribution in [0.15, 0.2) is 60.7 Å². The van der Waals surface area contributed by atoms with Crippen molar-refractivity contribution in [2.24, 2.45) is 10.8 Å². The minimum atomic E-state index is -0.673. The third-order valence-corrected chi connectivity index (χ3v) is 10.4. The number of carbonyl (C=O) groups is 4. The van der Waals surface area contributed by atoms with Gasteiger partial charge in [-0.15, -0.1) is 0 Å². The number of hydrogen-bond donors (Lipinski definition) is 2. The third kappa shape index (κ3) is 6.47. The van der Waals surface area contributed by atoms with Crippen molar-refractivity contribution < 1.29 is 28.7 Å². The number of carbonyl (C=O) groups excluding carboxylic acids is 4. The molecule has 0 bridgehead atoms. The molecule has 2 N–H and O–H groups in total. The van der Waals surface area contributed by atoms with Crippen molar-refractivity contribution in [1.82, 2.24) is 15.5 Å². The fourth-order valence-corrected chi connectivity index (χ4v) is 8.00. The van der Waals surface area contributed by atoms with Crippen LogP contribution in [0.2, 0.25) is 5.02 Å². The second kappa shape index (κ2) is 13.2. The van der Waals surface area contributed by atoms with Crippen LogP contribution < -0.4 is 20.1 Å². The van der Waals surface area contributed by atoms with Gasteiger partial charge in [-0.2, -0.15) is 5.26 Å². The molecular formula is C38H39ClN4O6. The molecule has 1 saturated carbocycles. The van der Waals surface area contributed by atoms with Gasteiger partial charge in [0.15, 0.2) is 0 Å². The van der Waals surface area contributed by atoms with Gasteiger partial charge >= 0.3 is 0 Å². The summed E-state index contributed by atoms with van der Waals surface area (Å²) in [4.78, 5) is 51.9. The van der Waals surface area contributed by atoms with E-state index in [1.807, 2.05) is 30.3 Å². The molecule has 2 aliphatic heterocycles. The number of nitriles is 1. The average molecular weight is 683 g/mol. The van der Waals surface area contributed by atoms with Crippen LogP contribution in [0.25, 0.3) is 0 Å². The highest BCUT2D eigenvalue weighted by Crippen LogP contribution is 2.55. The predicted molar refractivity (Wildman–Crippen MR) is 182 cm³/mol. The van der Waals surface area contributed by atoms with Crippen LogP contribution in [-0.2, 0) is 22.6 Å².